The minimum atomic E-state index is -0.305. The molecule has 0 saturated heterocycles. The van der Waals surface area contributed by atoms with Gasteiger partial charge in [0.05, 0.1) is 18.2 Å². The molecule has 0 fully saturated rings. The largest absolute Gasteiger partial charge is 0.339 e. The fourth-order valence-corrected chi connectivity index (χ4v) is 2.80. The van der Waals surface area contributed by atoms with Crippen molar-refractivity contribution in [3.63, 3.8) is 0 Å². The summed E-state index contributed by atoms with van der Waals surface area (Å²) in [5, 5.41) is 0. The number of pyridine rings is 1. The number of rotatable bonds is 5. The molecule has 0 aliphatic heterocycles. The molecule has 1 heterocycles. The van der Waals surface area contributed by atoms with E-state index in [0.29, 0.717) is 6.54 Å². The molecule has 2 aromatic carbocycles. The Morgan fingerprint density at radius 3 is 1.92 bits per heavy atom. The van der Waals surface area contributed by atoms with Crippen molar-refractivity contribution in [2.75, 3.05) is 7.05 Å². The van der Waals surface area contributed by atoms with E-state index in [2.05, 4.69) is 4.98 Å². The van der Waals surface area contributed by atoms with E-state index in [1.807, 2.05) is 85.9 Å². The predicted octanol–water partition coefficient (Wildman–Crippen LogP) is 3.87. The number of aromatic nitrogens is 1. The van der Waals surface area contributed by atoms with Crippen LogP contribution in [0.4, 0.5) is 0 Å². The summed E-state index contributed by atoms with van der Waals surface area (Å²) < 4.78 is 0. The lowest BCUT2D eigenvalue weighted by Crippen LogP contribution is -2.32. The maximum Gasteiger partial charge on any atom is 0.234 e. The van der Waals surface area contributed by atoms with Gasteiger partial charge in [-0.15, -0.1) is 0 Å². The zero-order valence-electron chi connectivity index (χ0n) is 13.7. The number of hydrogen-bond donors (Lipinski definition) is 0. The molecule has 0 radical (unpaired) electrons. The molecular weight excluding hydrogens is 296 g/mol. The number of likely N-dealkylation sites (N-methyl/N-ethyl adjacent to an activating group) is 1. The monoisotopic (exact) mass is 316 g/mol. The molecule has 1 amide bonds. The maximum atomic E-state index is 13.1. The van der Waals surface area contributed by atoms with Crippen LogP contribution < -0.4 is 0 Å². The third kappa shape index (κ3) is 3.69. The van der Waals surface area contributed by atoms with Crippen LogP contribution in [0.15, 0.2) is 85.1 Å². The number of nitrogens with zero attached hydrogens (tertiary/aromatic N) is 2. The van der Waals surface area contributed by atoms with Crippen molar-refractivity contribution in [3.8, 4) is 0 Å². The molecule has 3 nitrogen and oxygen atoms in total. The smallest absolute Gasteiger partial charge is 0.234 e. The van der Waals surface area contributed by atoms with Gasteiger partial charge in [0.2, 0.25) is 5.91 Å². The Morgan fingerprint density at radius 2 is 1.42 bits per heavy atom. The van der Waals surface area contributed by atoms with Crippen molar-refractivity contribution < 1.29 is 4.79 Å². The van der Waals surface area contributed by atoms with Gasteiger partial charge in [-0.2, -0.15) is 0 Å². The maximum absolute atomic E-state index is 13.1. The van der Waals surface area contributed by atoms with Crippen LogP contribution in [0.3, 0.4) is 0 Å². The van der Waals surface area contributed by atoms with E-state index in [1.54, 1.807) is 11.1 Å². The second-order valence-electron chi connectivity index (χ2n) is 5.77. The van der Waals surface area contributed by atoms with Crippen molar-refractivity contribution in [1.82, 2.24) is 9.88 Å². The van der Waals surface area contributed by atoms with E-state index in [0.717, 1.165) is 16.8 Å². The van der Waals surface area contributed by atoms with Gasteiger partial charge in [0.15, 0.2) is 0 Å². The van der Waals surface area contributed by atoms with Crippen molar-refractivity contribution in [2.45, 2.75) is 12.5 Å². The number of benzene rings is 2. The molecule has 3 heteroatoms. The highest BCUT2D eigenvalue weighted by atomic mass is 16.2. The molecule has 3 rings (SSSR count). The average Bonchev–Trinajstić information content (AvgIpc) is 2.64. The van der Waals surface area contributed by atoms with Gasteiger partial charge in [0.1, 0.15) is 0 Å². The summed E-state index contributed by atoms with van der Waals surface area (Å²) in [6.45, 7) is 0.496. The molecule has 3 aromatic rings. The lowest BCUT2D eigenvalue weighted by atomic mass is 9.90. The Hall–Kier alpha value is -2.94. The fourth-order valence-electron chi connectivity index (χ4n) is 2.80. The van der Waals surface area contributed by atoms with E-state index >= 15 is 0 Å². The minimum absolute atomic E-state index is 0.0676. The third-order valence-electron chi connectivity index (χ3n) is 4.01. The Morgan fingerprint density at radius 1 is 0.875 bits per heavy atom. The zero-order valence-corrected chi connectivity index (χ0v) is 13.7. The first kappa shape index (κ1) is 15.9. The van der Waals surface area contributed by atoms with Crippen LogP contribution in [0.5, 0.6) is 0 Å². The van der Waals surface area contributed by atoms with Gasteiger partial charge in [0.25, 0.3) is 0 Å². The van der Waals surface area contributed by atoms with Crippen molar-refractivity contribution in [1.29, 1.82) is 0 Å². The quantitative estimate of drug-likeness (QED) is 0.716. The summed E-state index contributed by atoms with van der Waals surface area (Å²) in [7, 11) is 1.83. The van der Waals surface area contributed by atoms with Gasteiger partial charge < -0.3 is 4.90 Å². The van der Waals surface area contributed by atoms with Crippen LogP contribution in [-0.4, -0.2) is 22.8 Å². The zero-order chi connectivity index (χ0) is 16.8. The van der Waals surface area contributed by atoms with E-state index in [-0.39, 0.29) is 11.8 Å². The summed E-state index contributed by atoms with van der Waals surface area (Å²) >= 11 is 0. The fraction of sp³-hybridized carbons (Fsp3) is 0.143. The SMILES string of the molecule is CN(Cc1ccccn1)C(=O)C(c1ccccc1)c1ccccc1. The van der Waals surface area contributed by atoms with E-state index in [1.165, 1.54) is 0 Å². The lowest BCUT2D eigenvalue weighted by Gasteiger charge is -2.24. The molecule has 0 unspecified atom stereocenters. The van der Waals surface area contributed by atoms with Crippen molar-refractivity contribution >= 4 is 5.91 Å². The molecule has 1 aromatic heterocycles. The van der Waals surface area contributed by atoms with Crippen LogP contribution >= 0.6 is 0 Å². The third-order valence-corrected chi connectivity index (χ3v) is 4.01. The Balaban J connectivity index is 1.89. The number of carbonyl (C=O) groups is 1. The van der Waals surface area contributed by atoms with E-state index in [4.69, 9.17) is 0 Å². The first-order valence-electron chi connectivity index (χ1n) is 8.00. The summed E-state index contributed by atoms with van der Waals surface area (Å²) in [6.07, 6.45) is 1.75. The van der Waals surface area contributed by atoms with E-state index < -0.39 is 0 Å². The van der Waals surface area contributed by atoms with Crippen LogP contribution in [0, 0.1) is 0 Å². The normalized spacial score (nSPS) is 10.6. The first-order chi connectivity index (χ1) is 11.8. The highest BCUT2D eigenvalue weighted by Crippen LogP contribution is 2.26. The molecule has 0 aliphatic carbocycles. The van der Waals surface area contributed by atoms with Gasteiger partial charge in [0, 0.05) is 13.2 Å². The summed E-state index contributed by atoms with van der Waals surface area (Å²) in [4.78, 5) is 19.2. The van der Waals surface area contributed by atoms with Gasteiger partial charge in [-0.25, -0.2) is 0 Å². The van der Waals surface area contributed by atoms with Crippen LogP contribution in [0.1, 0.15) is 22.7 Å². The van der Waals surface area contributed by atoms with Gasteiger partial charge in [-0.1, -0.05) is 66.7 Å². The Bertz CT molecular complexity index is 733. The minimum Gasteiger partial charge on any atom is -0.339 e. The van der Waals surface area contributed by atoms with Crippen LogP contribution in [0.2, 0.25) is 0 Å². The second kappa shape index (κ2) is 7.55. The molecule has 0 spiro atoms. The topological polar surface area (TPSA) is 33.2 Å². The molecule has 0 saturated carbocycles. The second-order valence-corrected chi connectivity index (χ2v) is 5.77. The lowest BCUT2D eigenvalue weighted by molar-refractivity contribution is -0.131. The van der Waals surface area contributed by atoms with Crippen molar-refractivity contribution in [2.24, 2.45) is 0 Å². The Labute approximate surface area is 142 Å². The molecule has 24 heavy (non-hydrogen) atoms. The molecular formula is C21H20N2O. The highest BCUT2D eigenvalue weighted by Gasteiger charge is 2.25. The van der Waals surface area contributed by atoms with Crippen molar-refractivity contribution in [3.05, 3.63) is 102 Å². The molecule has 120 valence electrons. The molecule has 0 atom stereocenters. The molecule has 0 aliphatic rings. The predicted molar refractivity (Wildman–Crippen MR) is 95.4 cm³/mol. The number of amides is 1. The summed E-state index contributed by atoms with van der Waals surface area (Å²) in [5.74, 6) is -0.237. The first-order valence-corrected chi connectivity index (χ1v) is 8.00. The summed E-state index contributed by atoms with van der Waals surface area (Å²) in [6, 6.07) is 25.6. The van der Waals surface area contributed by atoms with E-state index in [9.17, 15) is 4.79 Å². The number of hydrogen-bond acceptors (Lipinski definition) is 2. The highest BCUT2D eigenvalue weighted by molar-refractivity contribution is 5.87. The molecule has 0 N–H and O–H groups in total. The molecule has 0 bridgehead atoms. The standard InChI is InChI=1S/C21H20N2O/c1-23(16-19-14-8-9-15-22-19)21(24)20(17-10-4-2-5-11-17)18-12-6-3-7-13-18/h2-15,20H,16H2,1H3. The van der Waals surface area contributed by atoms with Gasteiger partial charge in [-0.3, -0.25) is 9.78 Å². The summed E-state index contributed by atoms with van der Waals surface area (Å²) in [5.41, 5.74) is 2.89. The Kier molecular flexibility index (Phi) is 5.02. The van der Waals surface area contributed by atoms with Gasteiger partial charge in [-0.05, 0) is 23.3 Å². The van der Waals surface area contributed by atoms with Crippen LogP contribution in [0.25, 0.3) is 0 Å². The average molecular weight is 316 g/mol. The van der Waals surface area contributed by atoms with Gasteiger partial charge >= 0.3 is 0 Å². The van der Waals surface area contributed by atoms with Crippen LogP contribution in [-0.2, 0) is 11.3 Å². The number of carbonyl (C=O) groups excluding carboxylic acids is 1.